The molecule has 3 rings (SSSR count). The summed E-state index contributed by atoms with van der Waals surface area (Å²) in [5.41, 5.74) is 2.40. The van der Waals surface area contributed by atoms with Crippen LogP contribution in [0.3, 0.4) is 0 Å². The van der Waals surface area contributed by atoms with E-state index in [-0.39, 0.29) is 0 Å². The number of para-hydroxylation sites is 1. The standard InChI is InChI=1S/C16H14ClN3O/c17-14-9-5-4-6-12(14)10-16(21)15-11-18-19-20(15)13-7-2-1-3-8-13/h1-9,11,16,21H,10H2. The molecule has 0 radical (unpaired) electrons. The lowest BCUT2D eigenvalue weighted by atomic mass is 10.1. The Balaban J connectivity index is 1.88. The molecular formula is C16H14ClN3O. The van der Waals surface area contributed by atoms with Crippen molar-refractivity contribution < 1.29 is 5.11 Å². The van der Waals surface area contributed by atoms with Crippen molar-refractivity contribution in [1.29, 1.82) is 0 Å². The molecule has 1 atom stereocenters. The van der Waals surface area contributed by atoms with Crippen LogP contribution >= 0.6 is 11.6 Å². The van der Waals surface area contributed by atoms with Gasteiger partial charge in [0.1, 0.15) is 6.10 Å². The van der Waals surface area contributed by atoms with Crippen molar-refractivity contribution in [2.75, 3.05) is 0 Å². The van der Waals surface area contributed by atoms with E-state index in [9.17, 15) is 5.11 Å². The molecule has 1 unspecified atom stereocenters. The Labute approximate surface area is 127 Å². The van der Waals surface area contributed by atoms with Crippen molar-refractivity contribution in [2.24, 2.45) is 0 Å². The zero-order valence-corrected chi connectivity index (χ0v) is 12.0. The Morgan fingerprint density at radius 3 is 2.52 bits per heavy atom. The minimum absolute atomic E-state index is 0.417. The third-order valence-electron chi connectivity index (χ3n) is 3.29. The molecule has 4 nitrogen and oxygen atoms in total. The molecule has 0 aliphatic carbocycles. The van der Waals surface area contributed by atoms with Gasteiger partial charge in [-0.2, -0.15) is 0 Å². The van der Waals surface area contributed by atoms with Crippen molar-refractivity contribution in [3.05, 3.63) is 77.1 Å². The molecule has 0 spiro atoms. The zero-order valence-electron chi connectivity index (χ0n) is 11.2. The third-order valence-corrected chi connectivity index (χ3v) is 3.66. The molecule has 0 amide bonds. The lowest BCUT2D eigenvalue weighted by Gasteiger charge is -2.13. The van der Waals surface area contributed by atoms with Gasteiger partial charge in [-0.25, -0.2) is 4.68 Å². The summed E-state index contributed by atoms with van der Waals surface area (Å²) in [7, 11) is 0. The maximum atomic E-state index is 10.5. The first kappa shape index (κ1) is 13.8. The minimum atomic E-state index is -0.722. The monoisotopic (exact) mass is 299 g/mol. The SMILES string of the molecule is OC(Cc1ccccc1Cl)c1cnnn1-c1ccccc1. The van der Waals surface area contributed by atoms with Crippen LogP contribution < -0.4 is 0 Å². The number of benzene rings is 2. The number of aliphatic hydroxyl groups excluding tert-OH is 1. The van der Waals surface area contributed by atoms with Gasteiger partial charge >= 0.3 is 0 Å². The predicted molar refractivity (Wildman–Crippen MR) is 81.5 cm³/mol. The highest BCUT2D eigenvalue weighted by Crippen LogP contribution is 2.24. The molecule has 1 aromatic heterocycles. The molecule has 3 aromatic rings. The van der Waals surface area contributed by atoms with E-state index in [4.69, 9.17) is 11.6 Å². The highest BCUT2D eigenvalue weighted by Gasteiger charge is 2.17. The van der Waals surface area contributed by atoms with Crippen LogP contribution in [0.15, 0.2) is 60.8 Å². The quantitative estimate of drug-likeness (QED) is 0.805. The van der Waals surface area contributed by atoms with Gasteiger partial charge < -0.3 is 5.11 Å². The van der Waals surface area contributed by atoms with Crippen LogP contribution in [0.5, 0.6) is 0 Å². The molecule has 0 saturated heterocycles. The van der Waals surface area contributed by atoms with Crippen LogP contribution in [0, 0.1) is 0 Å². The number of rotatable bonds is 4. The maximum Gasteiger partial charge on any atom is 0.102 e. The third kappa shape index (κ3) is 2.96. The Hall–Kier alpha value is -2.17. The summed E-state index contributed by atoms with van der Waals surface area (Å²) in [4.78, 5) is 0. The second kappa shape index (κ2) is 6.08. The summed E-state index contributed by atoms with van der Waals surface area (Å²) < 4.78 is 1.64. The summed E-state index contributed by atoms with van der Waals surface area (Å²) in [6, 6.07) is 17.1. The molecule has 1 heterocycles. The Kier molecular flexibility index (Phi) is 3.99. The normalized spacial score (nSPS) is 12.3. The van der Waals surface area contributed by atoms with E-state index in [2.05, 4.69) is 10.3 Å². The van der Waals surface area contributed by atoms with Gasteiger partial charge in [0.15, 0.2) is 0 Å². The van der Waals surface area contributed by atoms with Gasteiger partial charge in [0, 0.05) is 11.4 Å². The van der Waals surface area contributed by atoms with Crippen LogP contribution in [0.1, 0.15) is 17.4 Å². The van der Waals surface area contributed by atoms with E-state index in [1.807, 2.05) is 54.6 Å². The van der Waals surface area contributed by atoms with Gasteiger partial charge in [0.2, 0.25) is 0 Å². The second-order valence-electron chi connectivity index (χ2n) is 4.72. The van der Waals surface area contributed by atoms with E-state index in [1.165, 1.54) is 0 Å². The van der Waals surface area contributed by atoms with Crippen molar-refractivity contribution in [3.63, 3.8) is 0 Å². The fraction of sp³-hybridized carbons (Fsp3) is 0.125. The van der Waals surface area contributed by atoms with E-state index in [0.717, 1.165) is 11.3 Å². The highest BCUT2D eigenvalue weighted by molar-refractivity contribution is 6.31. The van der Waals surface area contributed by atoms with E-state index < -0.39 is 6.10 Å². The molecule has 0 bridgehead atoms. The summed E-state index contributed by atoms with van der Waals surface area (Å²) in [5, 5.41) is 19.1. The Morgan fingerprint density at radius 1 is 1.05 bits per heavy atom. The Morgan fingerprint density at radius 2 is 1.76 bits per heavy atom. The fourth-order valence-corrected chi connectivity index (χ4v) is 2.43. The van der Waals surface area contributed by atoms with E-state index >= 15 is 0 Å². The van der Waals surface area contributed by atoms with Crippen LogP contribution in [-0.4, -0.2) is 20.1 Å². The predicted octanol–water partition coefficient (Wildman–Crippen LogP) is 3.20. The smallest absolute Gasteiger partial charge is 0.102 e. The first-order chi connectivity index (χ1) is 10.3. The number of aliphatic hydroxyl groups is 1. The second-order valence-corrected chi connectivity index (χ2v) is 5.12. The molecule has 1 N–H and O–H groups in total. The van der Waals surface area contributed by atoms with Crippen LogP contribution in [0.25, 0.3) is 5.69 Å². The fourth-order valence-electron chi connectivity index (χ4n) is 2.22. The van der Waals surface area contributed by atoms with Gasteiger partial charge in [-0.3, -0.25) is 0 Å². The summed E-state index contributed by atoms with van der Waals surface area (Å²) in [6.45, 7) is 0. The average molecular weight is 300 g/mol. The van der Waals surface area contributed by atoms with Gasteiger partial charge in [0.25, 0.3) is 0 Å². The molecule has 2 aromatic carbocycles. The number of hydrogen-bond acceptors (Lipinski definition) is 3. The first-order valence-electron chi connectivity index (χ1n) is 6.63. The number of halogens is 1. The first-order valence-corrected chi connectivity index (χ1v) is 7.01. The van der Waals surface area contributed by atoms with Gasteiger partial charge in [-0.15, -0.1) is 5.10 Å². The molecule has 0 aliphatic heterocycles. The average Bonchev–Trinajstić information content (AvgIpc) is 3.00. The van der Waals surface area contributed by atoms with Gasteiger partial charge in [-0.05, 0) is 23.8 Å². The van der Waals surface area contributed by atoms with Crippen molar-refractivity contribution in [2.45, 2.75) is 12.5 Å². The minimum Gasteiger partial charge on any atom is -0.386 e. The van der Waals surface area contributed by atoms with Crippen molar-refractivity contribution in [1.82, 2.24) is 15.0 Å². The van der Waals surface area contributed by atoms with Crippen LogP contribution in [-0.2, 0) is 6.42 Å². The molecule has 0 fully saturated rings. The van der Waals surface area contributed by atoms with Crippen LogP contribution in [0.2, 0.25) is 5.02 Å². The largest absolute Gasteiger partial charge is 0.386 e. The Bertz CT molecular complexity index is 727. The number of hydrogen-bond donors (Lipinski definition) is 1. The molecule has 5 heteroatoms. The summed E-state index contributed by atoms with van der Waals surface area (Å²) in [5.74, 6) is 0. The lowest BCUT2D eigenvalue weighted by Crippen LogP contribution is -2.09. The highest BCUT2D eigenvalue weighted by atomic mass is 35.5. The van der Waals surface area contributed by atoms with Gasteiger partial charge in [0.05, 0.1) is 17.6 Å². The lowest BCUT2D eigenvalue weighted by molar-refractivity contribution is 0.170. The number of nitrogens with zero attached hydrogens (tertiary/aromatic N) is 3. The number of aromatic nitrogens is 3. The molecule has 106 valence electrons. The summed E-state index contributed by atoms with van der Waals surface area (Å²) >= 11 is 6.14. The van der Waals surface area contributed by atoms with E-state index in [0.29, 0.717) is 17.1 Å². The van der Waals surface area contributed by atoms with Crippen molar-refractivity contribution >= 4 is 11.6 Å². The van der Waals surface area contributed by atoms with Crippen molar-refractivity contribution in [3.8, 4) is 5.69 Å². The van der Waals surface area contributed by atoms with E-state index in [1.54, 1.807) is 10.9 Å². The zero-order chi connectivity index (χ0) is 14.7. The molecular weight excluding hydrogens is 286 g/mol. The maximum absolute atomic E-state index is 10.5. The molecule has 0 saturated carbocycles. The van der Waals surface area contributed by atoms with Gasteiger partial charge in [-0.1, -0.05) is 53.2 Å². The molecule has 21 heavy (non-hydrogen) atoms. The topological polar surface area (TPSA) is 50.9 Å². The van der Waals surface area contributed by atoms with Crippen LogP contribution in [0.4, 0.5) is 0 Å². The summed E-state index contributed by atoms with van der Waals surface area (Å²) in [6.07, 6.45) is 1.27. The molecule has 0 aliphatic rings.